The first-order chi connectivity index (χ1) is 15.1. The van der Waals surface area contributed by atoms with Crippen LogP contribution in [0.3, 0.4) is 0 Å². The van der Waals surface area contributed by atoms with E-state index in [2.05, 4.69) is 43.6 Å². The maximum atomic E-state index is 6.29. The van der Waals surface area contributed by atoms with Gasteiger partial charge in [0.15, 0.2) is 11.5 Å². The van der Waals surface area contributed by atoms with Crippen molar-refractivity contribution in [2.45, 2.75) is 79.1 Å². The number of rotatable bonds is 16. The van der Waals surface area contributed by atoms with Crippen LogP contribution < -0.4 is 9.47 Å². The summed E-state index contributed by atoms with van der Waals surface area (Å²) in [5.41, 5.74) is -0.289. The molecule has 6 heteroatoms. The van der Waals surface area contributed by atoms with Crippen molar-refractivity contribution in [2.75, 3.05) is 39.6 Å². The number of hydrogen-bond acceptors (Lipinski definition) is 5. The van der Waals surface area contributed by atoms with Crippen LogP contribution in [0.5, 0.6) is 11.5 Å². The Labute approximate surface area is 202 Å². The summed E-state index contributed by atoms with van der Waals surface area (Å²) >= 11 is 5.18. The van der Waals surface area contributed by atoms with Gasteiger partial charge in [-0.05, 0) is 40.6 Å². The average Bonchev–Trinajstić information content (AvgIpc) is 3.03. The van der Waals surface area contributed by atoms with Crippen LogP contribution in [0.2, 0.25) is 0 Å². The molecule has 0 aromatic carbocycles. The fourth-order valence-corrected chi connectivity index (χ4v) is 5.17. The Balaban J connectivity index is 1.96. The van der Waals surface area contributed by atoms with Gasteiger partial charge in [-0.15, -0.1) is 11.3 Å². The lowest BCUT2D eigenvalue weighted by Gasteiger charge is -2.32. The molecule has 31 heavy (non-hydrogen) atoms. The first-order valence-electron chi connectivity index (χ1n) is 12.2. The minimum atomic E-state index is -0.289. The van der Waals surface area contributed by atoms with Crippen molar-refractivity contribution in [3.05, 3.63) is 9.17 Å². The van der Waals surface area contributed by atoms with Gasteiger partial charge in [-0.2, -0.15) is 0 Å². The maximum absolute atomic E-state index is 6.29. The van der Waals surface area contributed by atoms with Gasteiger partial charge in [0.25, 0.3) is 0 Å². The van der Waals surface area contributed by atoms with Gasteiger partial charge in [-0.25, -0.2) is 0 Å². The largest absolute Gasteiger partial charge is 0.488 e. The number of ether oxygens (including phenoxy) is 4. The van der Waals surface area contributed by atoms with Gasteiger partial charge in [0, 0.05) is 18.6 Å². The fraction of sp³-hybridized carbons (Fsp3) is 0.840. The zero-order valence-corrected chi connectivity index (χ0v) is 22.5. The molecule has 180 valence electrons. The van der Waals surface area contributed by atoms with E-state index in [1.54, 1.807) is 11.3 Å². The fourth-order valence-electron chi connectivity index (χ4n) is 3.92. The molecule has 4 nitrogen and oxygen atoms in total. The number of thiophene rings is 1. The summed E-state index contributed by atoms with van der Waals surface area (Å²) in [5.74, 6) is 2.89. The van der Waals surface area contributed by atoms with Gasteiger partial charge >= 0.3 is 0 Å². The number of fused-ring (bicyclic) bond motifs is 1. The second-order valence-corrected chi connectivity index (χ2v) is 11.3. The number of unbranched alkanes of at least 4 members (excludes halogenated alkanes) is 2. The molecule has 2 rings (SSSR count). The van der Waals surface area contributed by atoms with Crippen LogP contribution in [0.1, 0.15) is 79.1 Å². The third kappa shape index (κ3) is 8.87. The van der Waals surface area contributed by atoms with Gasteiger partial charge in [0.05, 0.1) is 18.6 Å². The van der Waals surface area contributed by atoms with Gasteiger partial charge < -0.3 is 18.9 Å². The highest BCUT2D eigenvalue weighted by atomic mass is 79.9. The van der Waals surface area contributed by atoms with Crippen LogP contribution in [-0.2, 0) is 9.47 Å². The molecule has 0 N–H and O–H groups in total. The van der Waals surface area contributed by atoms with E-state index in [4.69, 9.17) is 18.9 Å². The molecule has 0 saturated carbocycles. The smallest absolute Gasteiger partial charge is 0.186 e. The molecule has 0 saturated heterocycles. The minimum Gasteiger partial charge on any atom is -0.488 e. The van der Waals surface area contributed by atoms with Crippen molar-refractivity contribution in [2.24, 2.45) is 17.3 Å². The van der Waals surface area contributed by atoms with Crippen molar-refractivity contribution in [1.82, 2.24) is 0 Å². The van der Waals surface area contributed by atoms with Crippen LogP contribution in [0.25, 0.3) is 0 Å². The molecule has 1 aliphatic heterocycles. The summed E-state index contributed by atoms with van der Waals surface area (Å²) in [7, 11) is 0. The van der Waals surface area contributed by atoms with Crippen molar-refractivity contribution in [3.63, 3.8) is 0 Å². The molecule has 2 heterocycles. The Bertz CT molecular complexity index is 584. The lowest BCUT2D eigenvalue weighted by molar-refractivity contribution is -0.0715. The minimum absolute atomic E-state index is 0.289. The van der Waals surface area contributed by atoms with Crippen LogP contribution in [0.4, 0.5) is 0 Å². The predicted octanol–water partition coefficient (Wildman–Crippen LogP) is 7.73. The van der Waals surface area contributed by atoms with E-state index in [0.717, 1.165) is 41.3 Å². The van der Waals surface area contributed by atoms with E-state index in [-0.39, 0.29) is 5.41 Å². The second-order valence-electron chi connectivity index (χ2n) is 9.14. The molecule has 1 aromatic rings. The standard InChI is InChI=1S/C25H43BrO4S/c1-5-9-11-20(7-3)13-27-16-25(17-28-14-21(8-4)12-10-6-2)18-29-22-15-31-24(26)23(22)30-19-25/h15,20-21H,5-14,16-19H2,1-4H3. The maximum Gasteiger partial charge on any atom is 0.186 e. The monoisotopic (exact) mass is 518 g/mol. The summed E-state index contributed by atoms with van der Waals surface area (Å²) < 4.78 is 25.9. The highest BCUT2D eigenvalue weighted by Crippen LogP contribution is 2.44. The lowest BCUT2D eigenvalue weighted by atomic mass is 9.91. The Hall–Kier alpha value is -0.300. The predicted molar refractivity (Wildman–Crippen MR) is 134 cm³/mol. The molecule has 1 aromatic heterocycles. The molecular weight excluding hydrogens is 476 g/mol. The van der Waals surface area contributed by atoms with Gasteiger partial charge in [0.2, 0.25) is 0 Å². The van der Waals surface area contributed by atoms with Crippen molar-refractivity contribution >= 4 is 27.3 Å². The Morgan fingerprint density at radius 3 is 2.00 bits per heavy atom. The van der Waals surface area contributed by atoms with Crippen molar-refractivity contribution in [1.29, 1.82) is 0 Å². The van der Waals surface area contributed by atoms with Crippen molar-refractivity contribution < 1.29 is 18.9 Å². The highest BCUT2D eigenvalue weighted by molar-refractivity contribution is 9.11. The van der Waals surface area contributed by atoms with Crippen LogP contribution in [0.15, 0.2) is 9.17 Å². The number of halogens is 1. The van der Waals surface area contributed by atoms with Crippen molar-refractivity contribution in [3.8, 4) is 11.5 Å². The molecule has 0 aliphatic carbocycles. The normalized spacial score (nSPS) is 20.4. The third-order valence-electron chi connectivity index (χ3n) is 6.34. The SMILES string of the molecule is CCCCC(CC)COCC1(COCC(CC)CCCC)COc2csc(Br)c2OC1. The summed E-state index contributed by atoms with van der Waals surface area (Å²) in [6.07, 6.45) is 9.82. The molecular formula is C25H43BrO4S. The van der Waals surface area contributed by atoms with Crippen LogP contribution in [0, 0.1) is 17.3 Å². The van der Waals surface area contributed by atoms with Gasteiger partial charge in [0.1, 0.15) is 17.0 Å². The van der Waals surface area contributed by atoms with Crippen LogP contribution in [-0.4, -0.2) is 39.6 Å². The topological polar surface area (TPSA) is 36.9 Å². The Morgan fingerprint density at radius 1 is 0.935 bits per heavy atom. The number of hydrogen-bond donors (Lipinski definition) is 0. The summed E-state index contributed by atoms with van der Waals surface area (Å²) in [6.45, 7) is 12.9. The summed E-state index contributed by atoms with van der Waals surface area (Å²) in [6, 6.07) is 0. The van der Waals surface area contributed by atoms with Crippen LogP contribution >= 0.6 is 27.3 Å². The second kappa shape index (κ2) is 14.8. The molecule has 0 fully saturated rings. The summed E-state index contributed by atoms with van der Waals surface area (Å²) in [4.78, 5) is 0. The van der Waals surface area contributed by atoms with E-state index >= 15 is 0 Å². The molecule has 2 atom stereocenters. The van der Waals surface area contributed by atoms with Gasteiger partial charge in [-0.1, -0.05) is 66.2 Å². The molecule has 0 radical (unpaired) electrons. The molecule has 2 unspecified atom stereocenters. The van der Waals surface area contributed by atoms with E-state index in [1.807, 2.05) is 5.38 Å². The van der Waals surface area contributed by atoms with E-state index in [0.29, 0.717) is 38.3 Å². The van der Waals surface area contributed by atoms with E-state index < -0.39 is 0 Å². The zero-order chi connectivity index (χ0) is 22.5. The Morgan fingerprint density at radius 2 is 1.48 bits per heavy atom. The molecule has 1 aliphatic rings. The van der Waals surface area contributed by atoms with Gasteiger partial charge in [-0.3, -0.25) is 0 Å². The molecule has 0 spiro atoms. The van der Waals surface area contributed by atoms with E-state index in [9.17, 15) is 0 Å². The highest BCUT2D eigenvalue weighted by Gasteiger charge is 2.37. The zero-order valence-electron chi connectivity index (χ0n) is 20.1. The molecule has 0 amide bonds. The lowest BCUT2D eigenvalue weighted by Crippen LogP contribution is -2.43. The van der Waals surface area contributed by atoms with E-state index in [1.165, 1.54) is 38.5 Å². The summed E-state index contributed by atoms with van der Waals surface area (Å²) in [5, 5.41) is 2.01. The first kappa shape index (κ1) is 26.9. The third-order valence-corrected chi connectivity index (χ3v) is 7.98. The Kier molecular flexibility index (Phi) is 12.8. The molecule has 0 bridgehead atoms. The average molecular weight is 520 g/mol. The quantitative estimate of drug-likeness (QED) is 0.224. The first-order valence-corrected chi connectivity index (χ1v) is 13.9.